The van der Waals surface area contributed by atoms with Crippen LogP contribution in [0.3, 0.4) is 0 Å². The van der Waals surface area contributed by atoms with Gasteiger partial charge in [0.15, 0.2) is 0 Å². The molecular weight excluding hydrogens is 369 g/mol. The minimum absolute atomic E-state index is 0.0443. The molecule has 1 aromatic carbocycles. The molecule has 26 heavy (non-hydrogen) atoms. The number of imidazole rings is 1. The largest absolute Gasteiger partial charge is 0.491 e. The minimum atomic E-state index is -4.38. The number of hydrogen-bond donors (Lipinski definition) is 1. The van der Waals surface area contributed by atoms with Crippen molar-refractivity contribution in [2.75, 3.05) is 25.1 Å². The fourth-order valence-corrected chi connectivity index (χ4v) is 3.23. The smallest absolute Gasteiger partial charge is 0.416 e. The maximum absolute atomic E-state index is 12.5. The van der Waals surface area contributed by atoms with Crippen molar-refractivity contribution in [1.82, 2.24) is 14.6 Å². The Bertz CT molecular complexity index is 844. The first kappa shape index (κ1) is 18.5. The molecule has 0 bridgehead atoms. The van der Waals surface area contributed by atoms with E-state index in [1.54, 1.807) is 16.5 Å². The molecule has 10 heteroatoms. The third-order valence-corrected chi connectivity index (χ3v) is 4.62. The van der Waals surface area contributed by atoms with Gasteiger partial charge in [-0.1, -0.05) is 11.3 Å². The number of aromatic nitrogens is 3. The Morgan fingerprint density at radius 1 is 1.31 bits per heavy atom. The molecule has 2 heterocycles. The fraction of sp³-hybridized carbons (Fsp3) is 0.375. The molecule has 140 valence electrons. The molecule has 1 N–H and O–H groups in total. The van der Waals surface area contributed by atoms with Crippen LogP contribution >= 0.6 is 11.3 Å². The topological polar surface area (TPSA) is 62.9 Å². The lowest BCUT2D eigenvalue weighted by atomic mass is 10.2. The number of aryl methyl sites for hydroxylation is 1. The van der Waals surface area contributed by atoms with E-state index in [0.717, 1.165) is 22.8 Å². The summed E-state index contributed by atoms with van der Waals surface area (Å²) in [7, 11) is 1.78. The van der Waals surface area contributed by atoms with E-state index in [9.17, 15) is 18.3 Å². The summed E-state index contributed by atoms with van der Waals surface area (Å²) >= 11 is 1.39. The molecular formula is C16H17F3N4O2S. The van der Waals surface area contributed by atoms with Crippen LogP contribution < -0.4 is 9.64 Å². The maximum atomic E-state index is 12.5. The predicted octanol–water partition coefficient (Wildman–Crippen LogP) is 2.99. The summed E-state index contributed by atoms with van der Waals surface area (Å²) in [6.45, 7) is 2.10. The Balaban J connectivity index is 1.53. The zero-order valence-electron chi connectivity index (χ0n) is 14.1. The monoisotopic (exact) mass is 386 g/mol. The lowest BCUT2D eigenvalue weighted by Crippen LogP contribution is -2.33. The number of benzene rings is 1. The van der Waals surface area contributed by atoms with Gasteiger partial charge in [-0.2, -0.15) is 13.2 Å². The normalized spacial score (nSPS) is 13.2. The van der Waals surface area contributed by atoms with Gasteiger partial charge >= 0.3 is 6.18 Å². The van der Waals surface area contributed by atoms with Crippen molar-refractivity contribution in [3.8, 4) is 5.75 Å². The van der Waals surface area contributed by atoms with Gasteiger partial charge in [-0.25, -0.2) is 9.50 Å². The summed E-state index contributed by atoms with van der Waals surface area (Å²) in [5.74, 6) is 0.267. The number of halogens is 3. The highest BCUT2D eigenvalue weighted by atomic mass is 32.1. The van der Waals surface area contributed by atoms with Crippen LogP contribution in [0.25, 0.3) is 4.96 Å². The van der Waals surface area contributed by atoms with Crippen LogP contribution in [0.1, 0.15) is 11.3 Å². The van der Waals surface area contributed by atoms with Crippen molar-refractivity contribution in [1.29, 1.82) is 0 Å². The number of anilines is 1. The van der Waals surface area contributed by atoms with Gasteiger partial charge in [-0.3, -0.25) is 0 Å². The summed E-state index contributed by atoms with van der Waals surface area (Å²) < 4.78 is 44.6. The summed E-state index contributed by atoms with van der Waals surface area (Å²) in [5.41, 5.74) is 0.136. The van der Waals surface area contributed by atoms with Crippen LogP contribution in [-0.2, 0) is 6.18 Å². The molecule has 1 atom stereocenters. The van der Waals surface area contributed by atoms with Gasteiger partial charge in [-0.05, 0) is 31.2 Å². The molecule has 0 radical (unpaired) electrons. The van der Waals surface area contributed by atoms with Crippen molar-refractivity contribution < 1.29 is 23.0 Å². The Labute approximate surface area is 151 Å². The number of rotatable bonds is 6. The van der Waals surface area contributed by atoms with Crippen LogP contribution in [-0.4, -0.2) is 46.0 Å². The lowest BCUT2D eigenvalue weighted by molar-refractivity contribution is -0.137. The number of aliphatic hydroxyl groups is 1. The second-order valence-corrected chi connectivity index (χ2v) is 6.80. The van der Waals surface area contributed by atoms with E-state index in [1.165, 1.54) is 23.5 Å². The van der Waals surface area contributed by atoms with Gasteiger partial charge in [0.2, 0.25) is 10.1 Å². The third-order valence-electron chi connectivity index (χ3n) is 3.59. The first-order valence-electron chi connectivity index (χ1n) is 7.74. The first-order valence-corrected chi connectivity index (χ1v) is 8.56. The van der Waals surface area contributed by atoms with Crippen LogP contribution in [0.5, 0.6) is 5.75 Å². The average molecular weight is 386 g/mol. The van der Waals surface area contributed by atoms with E-state index >= 15 is 0 Å². The van der Waals surface area contributed by atoms with E-state index in [-0.39, 0.29) is 18.9 Å². The van der Waals surface area contributed by atoms with Gasteiger partial charge in [0, 0.05) is 13.6 Å². The molecule has 0 amide bonds. The number of alkyl halides is 3. The zero-order chi connectivity index (χ0) is 18.9. The number of ether oxygens (including phenoxy) is 1. The van der Waals surface area contributed by atoms with Crippen LogP contribution in [0.4, 0.5) is 18.3 Å². The van der Waals surface area contributed by atoms with E-state index in [4.69, 9.17) is 4.74 Å². The molecule has 3 aromatic rings. The van der Waals surface area contributed by atoms with Gasteiger partial charge in [0.05, 0.1) is 17.5 Å². The molecule has 0 unspecified atom stereocenters. The number of likely N-dealkylation sites (N-methyl/N-ethyl adjacent to an activating group) is 1. The molecule has 0 fully saturated rings. The number of nitrogens with zero attached hydrogens (tertiary/aromatic N) is 4. The average Bonchev–Trinajstić information content (AvgIpc) is 3.10. The molecule has 2 aromatic heterocycles. The fourth-order valence-electron chi connectivity index (χ4n) is 2.33. The molecule has 0 aliphatic heterocycles. The second kappa shape index (κ2) is 7.12. The quantitative estimate of drug-likeness (QED) is 0.706. The van der Waals surface area contributed by atoms with Crippen molar-refractivity contribution >= 4 is 21.4 Å². The predicted molar refractivity (Wildman–Crippen MR) is 91.8 cm³/mol. The van der Waals surface area contributed by atoms with Crippen molar-refractivity contribution in [3.05, 3.63) is 41.7 Å². The summed E-state index contributed by atoms with van der Waals surface area (Å²) in [4.78, 5) is 6.86. The summed E-state index contributed by atoms with van der Waals surface area (Å²) in [6, 6.07) is 4.36. The molecule has 0 aliphatic rings. The van der Waals surface area contributed by atoms with E-state index < -0.39 is 17.8 Å². The SMILES string of the molecule is Cc1cn2nc(N(C)C[C@H](O)COc3ccc(C(F)(F)F)cc3)sc2n1. The maximum Gasteiger partial charge on any atom is 0.416 e. The number of fused-ring (bicyclic) bond motifs is 1. The number of hydrogen-bond acceptors (Lipinski definition) is 6. The van der Waals surface area contributed by atoms with Crippen LogP contribution in [0, 0.1) is 6.92 Å². The van der Waals surface area contributed by atoms with Crippen molar-refractivity contribution in [2.24, 2.45) is 0 Å². The molecule has 0 saturated carbocycles. The standard InChI is InChI=1S/C16H17F3N4O2S/c1-10-7-23-14(20-10)26-15(21-23)22(2)8-12(24)9-25-13-5-3-11(4-6-13)16(17,18)19/h3-7,12,24H,8-9H2,1-2H3/t12-/m0/s1. The molecule has 3 rings (SSSR count). The molecule has 0 saturated heterocycles. The Morgan fingerprint density at radius 3 is 2.62 bits per heavy atom. The summed E-state index contributed by atoms with van der Waals surface area (Å²) in [6.07, 6.45) is -3.40. The Morgan fingerprint density at radius 2 is 2.00 bits per heavy atom. The van der Waals surface area contributed by atoms with E-state index in [1.807, 2.05) is 13.1 Å². The highest BCUT2D eigenvalue weighted by Gasteiger charge is 2.30. The second-order valence-electron chi connectivity index (χ2n) is 5.86. The molecule has 0 aliphatic carbocycles. The van der Waals surface area contributed by atoms with E-state index in [0.29, 0.717) is 5.13 Å². The molecule has 0 spiro atoms. The zero-order valence-corrected chi connectivity index (χ0v) is 14.9. The van der Waals surface area contributed by atoms with Gasteiger partial charge in [0.1, 0.15) is 18.5 Å². The third kappa shape index (κ3) is 4.25. The molecule has 6 nitrogen and oxygen atoms in total. The Hall–Kier alpha value is -2.33. The van der Waals surface area contributed by atoms with Crippen LogP contribution in [0.2, 0.25) is 0 Å². The van der Waals surface area contributed by atoms with Crippen LogP contribution in [0.15, 0.2) is 30.5 Å². The van der Waals surface area contributed by atoms with Gasteiger partial charge in [0.25, 0.3) is 0 Å². The van der Waals surface area contributed by atoms with E-state index in [2.05, 4.69) is 10.1 Å². The highest BCUT2D eigenvalue weighted by Crippen LogP contribution is 2.30. The van der Waals surface area contributed by atoms with Gasteiger partial charge < -0.3 is 14.7 Å². The Kier molecular flexibility index (Phi) is 5.05. The summed E-state index contributed by atoms with van der Waals surface area (Å²) in [5, 5.41) is 15.2. The van der Waals surface area contributed by atoms with Crippen molar-refractivity contribution in [2.45, 2.75) is 19.2 Å². The first-order chi connectivity index (χ1) is 12.2. The number of aliphatic hydroxyl groups excluding tert-OH is 1. The van der Waals surface area contributed by atoms with Crippen molar-refractivity contribution in [3.63, 3.8) is 0 Å². The minimum Gasteiger partial charge on any atom is -0.491 e. The highest BCUT2D eigenvalue weighted by molar-refractivity contribution is 7.20. The van der Waals surface area contributed by atoms with Gasteiger partial charge in [-0.15, -0.1) is 5.10 Å². The lowest BCUT2D eigenvalue weighted by Gasteiger charge is -2.20.